The third-order valence-corrected chi connectivity index (χ3v) is 2.41. The summed E-state index contributed by atoms with van der Waals surface area (Å²) in [5.74, 6) is -0.342. The molecule has 3 aromatic rings. The third-order valence-electron chi connectivity index (χ3n) is 2.41. The first-order valence-electron chi connectivity index (χ1n) is 5.32. The lowest BCUT2D eigenvalue weighted by atomic mass is 10.3. The van der Waals surface area contributed by atoms with Crippen LogP contribution in [0.4, 0.5) is 5.82 Å². The smallest absolute Gasteiger partial charge is 0.365 e. The number of nitrogens with zero attached hydrogens (tertiary/aromatic N) is 5. The predicted octanol–water partition coefficient (Wildman–Crippen LogP) is 0.0725. The van der Waals surface area contributed by atoms with Crippen LogP contribution >= 0.6 is 0 Å². The van der Waals surface area contributed by atoms with Crippen LogP contribution in [0.15, 0.2) is 37.2 Å². The van der Waals surface area contributed by atoms with E-state index in [1.807, 2.05) is 0 Å². The number of aromatic nitrogens is 5. The lowest BCUT2D eigenvalue weighted by Crippen LogP contribution is -2.19. The zero-order chi connectivity index (χ0) is 13.2. The maximum atomic E-state index is 11.9. The third kappa shape index (κ3) is 1.95. The number of anilines is 1. The van der Waals surface area contributed by atoms with Crippen LogP contribution in [0.1, 0.15) is 10.4 Å². The van der Waals surface area contributed by atoms with E-state index in [-0.39, 0.29) is 5.82 Å². The Morgan fingerprint density at radius 2 is 2.21 bits per heavy atom. The number of nitrogen functional groups attached to an aromatic ring is 1. The molecule has 0 bridgehead atoms. The number of rotatable bonds is 2. The minimum absolute atomic E-state index is 0.223. The van der Waals surface area contributed by atoms with Gasteiger partial charge >= 0.3 is 5.97 Å². The molecule has 94 valence electrons. The Morgan fingerprint density at radius 1 is 1.32 bits per heavy atom. The molecule has 0 aliphatic heterocycles. The Hall–Kier alpha value is -3.03. The molecule has 19 heavy (non-hydrogen) atoms. The highest BCUT2D eigenvalue weighted by atomic mass is 16.7. The topological polar surface area (TPSA) is 109 Å². The van der Waals surface area contributed by atoms with Crippen LogP contribution < -0.4 is 10.6 Å². The van der Waals surface area contributed by atoms with Crippen molar-refractivity contribution in [2.24, 2.45) is 0 Å². The quantitative estimate of drug-likeness (QED) is 0.691. The molecule has 2 N–H and O–H groups in total. The molecule has 8 heteroatoms. The number of imidazole rings is 1. The van der Waals surface area contributed by atoms with Gasteiger partial charge in [-0.3, -0.25) is 4.98 Å². The van der Waals surface area contributed by atoms with Gasteiger partial charge in [-0.2, -0.15) is 0 Å². The molecular formula is C11H8N6O2. The molecule has 0 amide bonds. The van der Waals surface area contributed by atoms with Crippen LogP contribution in [-0.2, 0) is 0 Å². The van der Waals surface area contributed by atoms with Crippen LogP contribution in [0.5, 0.6) is 0 Å². The van der Waals surface area contributed by atoms with Gasteiger partial charge in [0.1, 0.15) is 12.7 Å². The minimum atomic E-state index is -0.565. The second-order valence-corrected chi connectivity index (χ2v) is 3.62. The number of carbonyl (C=O) groups is 1. The van der Waals surface area contributed by atoms with E-state index >= 15 is 0 Å². The van der Waals surface area contributed by atoms with E-state index in [1.54, 1.807) is 18.3 Å². The van der Waals surface area contributed by atoms with Gasteiger partial charge in [-0.05, 0) is 12.1 Å². The highest BCUT2D eigenvalue weighted by Gasteiger charge is 2.13. The van der Waals surface area contributed by atoms with Crippen LogP contribution in [0, 0.1) is 0 Å². The summed E-state index contributed by atoms with van der Waals surface area (Å²) in [4.78, 5) is 32.6. The predicted molar refractivity (Wildman–Crippen MR) is 64.9 cm³/mol. The van der Waals surface area contributed by atoms with Gasteiger partial charge in [0.15, 0.2) is 11.3 Å². The van der Waals surface area contributed by atoms with Crippen molar-refractivity contribution in [1.29, 1.82) is 0 Å². The number of fused-ring (bicyclic) bond motifs is 1. The summed E-state index contributed by atoms with van der Waals surface area (Å²) in [7, 11) is 0. The molecule has 0 aliphatic carbocycles. The van der Waals surface area contributed by atoms with Gasteiger partial charge < -0.3 is 10.6 Å². The fourth-order valence-electron chi connectivity index (χ4n) is 1.52. The van der Waals surface area contributed by atoms with Crippen molar-refractivity contribution in [2.45, 2.75) is 0 Å². The average molecular weight is 256 g/mol. The summed E-state index contributed by atoms with van der Waals surface area (Å²) in [5.41, 5.74) is 6.66. The maximum absolute atomic E-state index is 11.9. The highest BCUT2D eigenvalue weighted by molar-refractivity contribution is 5.90. The first-order chi connectivity index (χ1) is 9.25. The normalized spacial score (nSPS) is 10.5. The van der Waals surface area contributed by atoms with Gasteiger partial charge in [0, 0.05) is 12.4 Å². The summed E-state index contributed by atoms with van der Waals surface area (Å²) in [6.45, 7) is 0. The lowest BCUT2D eigenvalue weighted by molar-refractivity contribution is 0.0477. The number of pyridine rings is 1. The summed E-state index contributed by atoms with van der Waals surface area (Å²) < 4.78 is 1.14. The molecule has 0 radical (unpaired) electrons. The van der Waals surface area contributed by atoms with Gasteiger partial charge in [0.2, 0.25) is 5.65 Å². The fraction of sp³-hybridized carbons (Fsp3) is 0. The molecule has 0 atom stereocenters. The van der Waals surface area contributed by atoms with Crippen molar-refractivity contribution in [2.75, 3.05) is 5.73 Å². The molecule has 8 nitrogen and oxygen atoms in total. The zero-order valence-corrected chi connectivity index (χ0v) is 9.59. The van der Waals surface area contributed by atoms with E-state index in [2.05, 4.69) is 19.9 Å². The molecule has 3 aromatic heterocycles. The number of nitrogens with two attached hydrogens (primary N) is 1. The Labute approximate surface area is 106 Å². The van der Waals surface area contributed by atoms with Crippen molar-refractivity contribution in [3.05, 3.63) is 42.7 Å². The first kappa shape index (κ1) is 11.1. The molecule has 0 aliphatic rings. The summed E-state index contributed by atoms with van der Waals surface area (Å²) in [5, 5.41) is 0. The summed E-state index contributed by atoms with van der Waals surface area (Å²) in [6, 6.07) is 3.24. The van der Waals surface area contributed by atoms with E-state index in [0.29, 0.717) is 16.7 Å². The Morgan fingerprint density at radius 3 is 3.00 bits per heavy atom. The molecular weight excluding hydrogens is 248 g/mol. The molecule has 0 aromatic carbocycles. The molecule has 3 heterocycles. The van der Waals surface area contributed by atoms with Crippen LogP contribution in [0.3, 0.4) is 0 Å². The molecule has 0 saturated carbocycles. The SMILES string of the molecule is Nc1ncnc2c1ncn2OC(=O)c1cccnc1. The van der Waals surface area contributed by atoms with Crippen LogP contribution in [0.2, 0.25) is 0 Å². The van der Waals surface area contributed by atoms with Gasteiger partial charge in [-0.1, -0.05) is 0 Å². The van der Waals surface area contributed by atoms with Crippen molar-refractivity contribution in [1.82, 2.24) is 24.7 Å². The largest absolute Gasteiger partial charge is 0.382 e. The second-order valence-electron chi connectivity index (χ2n) is 3.62. The van der Waals surface area contributed by atoms with Crippen LogP contribution in [-0.4, -0.2) is 30.6 Å². The van der Waals surface area contributed by atoms with Crippen LogP contribution in [0.25, 0.3) is 11.2 Å². The number of hydrogen-bond donors (Lipinski definition) is 1. The van der Waals surface area contributed by atoms with E-state index in [1.165, 1.54) is 18.9 Å². The number of hydrogen-bond acceptors (Lipinski definition) is 7. The van der Waals surface area contributed by atoms with E-state index in [0.717, 1.165) is 4.73 Å². The minimum Gasteiger partial charge on any atom is -0.382 e. The molecule has 0 spiro atoms. The van der Waals surface area contributed by atoms with Crippen molar-refractivity contribution >= 4 is 23.0 Å². The summed E-state index contributed by atoms with van der Waals surface area (Å²) >= 11 is 0. The molecule has 0 unspecified atom stereocenters. The van der Waals surface area contributed by atoms with Gasteiger partial charge in [-0.25, -0.2) is 19.7 Å². The van der Waals surface area contributed by atoms with Gasteiger partial charge in [0.05, 0.1) is 5.56 Å². The van der Waals surface area contributed by atoms with Crippen molar-refractivity contribution < 1.29 is 9.63 Å². The maximum Gasteiger partial charge on any atom is 0.365 e. The Kier molecular flexibility index (Phi) is 2.53. The fourth-order valence-corrected chi connectivity index (χ4v) is 1.52. The van der Waals surface area contributed by atoms with Gasteiger partial charge in [-0.15, -0.1) is 4.73 Å². The number of carbonyl (C=O) groups excluding carboxylic acids is 1. The Balaban J connectivity index is 1.94. The molecule has 3 rings (SSSR count). The van der Waals surface area contributed by atoms with Crippen molar-refractivity contribution in [3.63, 3.8) is 0 Å². The lowest BCUT2D eigenvalue weighted by Gasteiger charge is -2.03. The highest BCUT2D eigenvalue weighted by Crippen LogP contribution is 2.13. The summed E-state index contributed by atoms with van der Waals surface area (Å²) in [6.07, 6.45) is 5.56. The zero-order valence-electron chi connectivity index (χ0n) is 9.59. The molecule has 0 fully saturated rings. The Bertz CT molecular complexity index is 739. The van der Waals surface area contributed by atoms with E-state index < -0.39 is 5.97 Å². The molecule has 0 saturated heterocycles. The monoisotopic (exact) mass is 256 g/mol. The van der Waals surface area contributed by atoms with E-state index in [4.69, 9.17) is 10.6 Å². The standard InChI is InChI=1S/C11H8N6O2/c12-9-8-10(15-5-14-9)17(6-16-8)19-11(18)7-2-1-3-13-4-7/h1-6H,(H2,12,14,15). The van der Waals surface area contributed by atoms with E-state index in [9.17, 15) is 4.79 Å². The first-order valence-corrected chi connectivity index (χ1v) is 5.32. The van der Waals surface area contributed by atoms with Gasteiger partial charge in [0.25, 0.3) is 0 Å². The van der Waals surface area contributed by atoms with Crippen molar-refractivity contribution in [3.8, 4) is 0 Å². The second kappa shape index (κ2) is 4.33. The average Bonchev–Trinajstić information content (AvgIpc) is 2.84.